The molecule has 2 aromatic rings. The molecule has 0 radical (unpaired) electrons. The zero-order valence-corrected chi connectivity index (χ0v) is 12.0. The van der Waals surface area contributed by atoms with Gasteiger partial charge in [0.2, 0.25) is 0 Å². The Labute approximate surface area is 123 Å². The maximum Gasteiger partial charge on any atom is 0.135 e. The summed E-state index contributed by atoms with van der Waals surface area (Å²) in [5.41, 5.74) is 0.929. The van der Waals surface area contributed by atoms with Gasteiger partial charge in [-0.3, -0.25) is 0 Å². The van der Waals surface area contributed by atoms with Crippen molar-refractivity contribution in [3.05, 3.63) is 41.7 Å². The van der Waals surface area contributed by atoms with Crippen LogP contribution in [-0.4, -0.2) is 30.2 Å². The van der Waals surface area contributed by atoms with Gasteiger partial charge in [0.15, 0.2) is 0 Å². The predicted molar refractivity (Wildman–Crippen MR) is 81.7 cm³/mol. The van der Waals surface area contributed by atoms with Gasteiger partial charge >= 0.3 is 0 Å². The number of nitrogens with one attached hydrogen (secondary N) is 2. The van der Waals surface area contributed by atoms with Gasteiger partial charge in [0, 0.05) is 37.0 Å². The lowest BCUT2D eigenvalue weighted by atomic mass is 10.3. The first kappa shape index (κ1) is 14.6. The lowest BCUT2D eigenvalue weighted by Crippen LogP contribution is -2.06. The van der Waals surface area contributed by atoms with Crippen molar-refractivity contribution in [3.63, 3.8) is 0 Å². The number of anilines is 3. The Balaban J connectivity index is 1.93. The van der Waals surface area contributed by atoms with Gasteiger partial charge in [0.1, 0.15) is 18.0 Å². The van der Waals surface area contributed by atoms with Crippen molar-refractivity contribution in [2.75, 3.05) is 30.9 Å². The molecule has 0 atom stereocenters. The molecule has 1 aromatic heterocycles. The Morgan fingerprint density at radius 3 is 2.65 bits per heavy atom. The van der Waals surface area contributed by atoms with Crippen LogP contribution in [0.2, 0.25) is 5.02 Å². The molecular formula is C14H17ClN4O. The van der Waals surface area contributed by atoms with Crippen molar-refractivity contribution >= 4 is 28.9 Å². The molecule has 20 heavy (non-hydrogen) atoms. The molecule has 0 amide bonds. The van der Waals surface area contributed by atoms with E-state index >= 15 is 0 Å². The van der Waals surface area contributed by atoms with Gasteiger partial charge in [0.25, 0.3) is 0 Å². The molecule has 2 rings (SSSR count). The lowest BCUT2D eigenvalue weighted by molar-refractivity contribution is 0.198. The van der Waals surface area contributed by atoms with Crippen LogP contribution in [0.3, 0.4) is 0 Å². The molecule has 106 valence electrons. The largest absolute Gasteiger partial charge is 0.385 e. The van der Waals surface area contributed by atoms with Gasteiger partial charge in [-0.2, -0.15) is 0 Å². The summed E-state index contributed by atoms with van der Waals surface area (Å²) in [4.78, 5) is 8.35. The molecule has 1 heterocycles. The molecule has 5 nitrogen and oxygen atoms in total. The van der Waals surface area contributed by atoms with Crippen LogP contribution < -0.4 is 10.6 Å². The summed E-state index contributed by atoms with van der Waals surface area (Å²) < 4.78 is 5.00. The number of rotatable bonds is 7. The number of halogens is 1. The van der Waals surface area contributed by atoms with E-state index in [0.29, 0.717) is 5.02 Å². The summed E-state index contributed by atoms with van der Waals surface area (Å²) in [5, 5.41) is 7.13. The maximum atomic E-state index is 5.85. The molecule has 0 bridgehead atoms. The van der Waals surface area contributed by atoms with Crippen molar-refractivity contribution in [2.45, 2.75) is 6.42 Å². The van der Waals surface area contributed by atoms with E-state index in [9.17, 15) is 0 Å². The fourth-order valence-electron chi connectivity index (χ4n) is 1.64. The smallest absolute Gasteiger partial charge is 0.135 e. The van der Waals surface area contributed by atoms with E-state index in [2.05, 4.69) is 20.6 Å². The lowest BCUT2D eigenvalue weighted by Gasteiger charge is -2.08. The van der Waals surface area contributed by atoms with Crippen LogP contribution in [-0.2, 0) is 4.74 Å². The van der Waals surface area contributed by atoms with E-state index < -0.39 is 0 Å². The molecule has 6 heteroatoms. The molecule has 1 aromatic carbocycles. The number of aromatic nitrogens is 2. The van der Waals surface area contributed by atoms with E-state index in [4.69, 9.17) is 16.3 Å². The topological polar surface area (TPSA) is 59.1 Å². The quantitative estimate of drug-likeness (QED) is 0.767. The molecular weight excluding hydrogens is 276 g/mol. The van der Waals surface area contributed by atoms with Crippen LogP contribution >= 0.6 is 11.6 Å². The number of benzene rings is 1. The Morgan fingerprint density at radius 2 is 1.90 bits per heavy atom. The molecule has 0 aliphatic carbocycles. The summed E-state index contributed by atoms with van der Waals surface area (Å²) in [7, 11) is 1.69. The summed E-state index contributed by atoms with van der Waals surface area (Å²) in [6.07, 6.45) is 2.46. The van der Waals surface area contributed by atoms with Gasteiger partial charge in [-0.25, -0.2) is 9.97 Å². The van der Waals surface area contributed by atoms with Gasteiger partial charge in [-0.05, 0) is 30.7 Å². The monoisotopic (exact) mass is 292 g/mol. The fraction of sp³-hybridized carbons (Fsp3) is 0.286. The molecule has 0 spiro atoms. The Kier molecular flexibility index (Phi) is 5.58. The zero-order chi connectivity index (χ0) is 14.2. The van der Waals surface area contributed by atoms with Crippen molar-refractivity contribution in [2.24, 2.45) is 0 Å². The minimum atomic E-state index is 0.707. The SMILES string of the molecule is COCCCNc1cc(Nc2ccc(Cl)cc2)ncn1. The summed E-state index contributed by atoms with van der Waals surface area (Å²) in [5.74, 6) is 1.52. The highest BCUT2D eigenvalue weighted by molar-refractivity contribution is 6.30. The average molecular weight is 293 g/mol. The molecule has 0 fully saturated rings. The van der Waals surface area contributed by atoms with Crippen LogP contribution in [0.25, 0.3) is 0 Å². The van der Waals surface area contributed by atoms with Crippen LogP contribution in [0.4, 0.5) is 17.3 Å². The minimum Gasteiger partial charge on any atom is -0.385 e. The molecule has 0 aliphatic heterocycles. The van der Waals surface area contributed by atoms with Gasteiger partial charge in [0.05, 0.1) is 0 Å². The summed E-state index contributed by atoms with van der Waals surface area (Å²) in [6.45, 7) is 1.54. The summed E-state index contributed by atoms with van der Waals surface area (Å²) >= 11 is 5.85. The second-order valence-corrected chi connectivity index (χ2v) is 4.63. The highest BCUT2D eigenvalue weighted by Gasteiger charge is 1.99. The molecule has 0 aliphatic rings. The van der Waals surface area contributed by atoms with Gasteiger partial charge in [-0.15, -0.1) is 0 Å². The van der Waals surface area contributed by atoms with Crippen LogP contribution in [0.5, 0.6) is 0 Å². The van der Waals surface area contributed by atoms with Crippen molar-refractivity contribution in [1.29, 1.82) is 0 Å². The fourth-order valence-corrected chi connectivity index (χ4v) is 1.76. The Morgan fingerprint density at radius 1 is 1.15 bits per heavy atom. The van der Waals surface area contributed by atoms with E-state index in [0.717, 1.165) is 36.9 Å². The van der Waals surface area contributed by atoms with E-state index in [-0.39, 0.29) is 0 Å². The third-order valence-corrected chi connectivity index (χ3v) is 2.87. The first-order valence-electron chi connectivity index (χ1n) is 6.35. The number of hydrogen-bond donors (Lipinski definition) is 2. The van der Waals surface area contributed by atoms with Gasteiger partial charge in [-0.1, -0.05) is 11.6 Å². The van der Waals surface area contributed by atoms with E-state index in [1.54, 1.807) is 7.11 Å². The zero-order valence-electron chi connectivity index (χ0n) is 11.3. The Hall–Kier alpha value is -1.85. The van der Waals surface area contributed by atoms with Crippen molar-refractivity contribution in [1.82, 2.24) is 9.97 Å². The molecule has 2 N–H and O–H groups in total. The second kappa shape index (κ2) is 7.67. The van der Waals surface area contributed by atoms with Crippen LogP contribution in [0.1, 0.15) is 6.42 Å². The Bertz CT molecular complexity index is 533. The number of nitrogens with zero attached hydrogens (tertiary/aromatic N) is 2. The predicted octanol–water partition coefficient (Wildman–Crippen LogP) is 3.32. The van der Waals surface area contributed by atoms with E-state index in [1.807, 2.05) is 30.3 Å². The number of hydrogen-bond acceptors (Lipinski definition) is 5. The first-order chi connectivity index (χ1) is 9.78. The van der Waals surface area contributed by atoms with Crippen molar-refractivity contribution < 1.29 is 4.74 Å². The van der Waals surface area contributed by atoms with Crippen molar-refractivity contribution in [3.8, 4) is 0 Å². The normalized spacial score (nSPS) is 10.3. The van der Waals surface area contributed by atoms with Gasteiger partial charge < -0.3 is 15.4 Å². The molecule has 0 saturated carbocycles. The average Bonchev–Trinajstić information content (AvgIpc) is 2.47. The third kappa shape index (κ3) is 4.68. The highest BCUT2D eigenvalue weighted by Crippen LogP contribution is 2.18. The number of ether oxygens (including phenoxy) is 1. The van der Waals surface area contributed by atoms with E-state index in [1.165, 1.54) is 6.33 Å². The molecule has 0 unspecified atom stereocenters. The molecule has 0 saturated heterocycles. The standard InChI is InChI=1S/C14H17ClN4O/c1-20-8-2-7-16-13-9-14(18-10-17-13)19-12-5-3-11(15)4-6-12/h3-6,9-10H,2,7-8H2,1H3,(H2,16,17,18,19). The highest BCUT2D eigenvalue weighted by atomic mass is 35.5. The maximum absolute atomic E-state index is 5.85. The third-order valence-electron chi connectivity index (χ3n) is 2.62. The minimum absolute atomic E-state index is 0.707. The van der Waals surface area contributed by atoms with Crippen LogP contribution in [0, 0.1) is 0 Å². The summed E-state index contributed by atoms with van der Waals surface area (Å²) in [6, 6.07) is 9.32. The first-order valence-corrected chi connectivity index (χ1v) is 6.73. The second-order valence-electron chi connectivity index (χ2n) is 4.19. The number of methoxy groups -OCH3 is 1. The van der Waals surface area contributed by atoms with Crippen LogP contribution in [0.15, 0.2) is 36.7 Å².